The van der Waals surface area contributed by atoms with Crippen molar-refractivity contribution in [1.29, 1.82) is 0 Å². The molecule has 1 aliphatic carbocycles. The number of ether oxygens (including phenoxy) is 2. The summed E-state index contributed by atoms with van der Waals surface area (Å²) in [6, 6.07) is 15.9. The van der Waals surface area contributed by atoms with Crippen LogP contribution in [-0.2, 0) is 22.6 Å². The molecule has 40 heavy (non-hydrogen) atoms. The number of alkyl carbamates (subject to hydrolysis) is 1. The molecule has 0 bridgehead atoms. The predicted octanol–water partition coefficient (Wildman–Crippen LogP) is 5.87. The van der Waals surface area contributed by atoms with E-state index in [0.29, 0.717) is 13.0 Å². The number of amides is 1. The van der Waals surface area contributed by atoms with Crippen LogP contribution in [0, 0.1) is 5.92 Å². The predicted molar refractivity (Wildman–Crippen MR) is 158 cm³/mol. The minimum atomic E-state index is -1.10. The molecule has 216 valence electrons. The van der Waals surface area contributed by atoms with Crippen molar-refractivity contribution >= 4 is 12.4 Å². The van der Waals surface area contributed by atoms with Crippen molar-refractivity contribution in [3.63, 3.8) is 0 Å². The highest BCUT2D eigenvalue weighted by molar-refractivity contribution is 5.67. The molecule has 1 saturated carbocycles. The molecule has 1 fully saturated rings. The average Bonchev–Trinajstić information content (AvgIpc) is 2.99. The number of carbonyl (C=O) groups excluding carboxylic acids is 2. The summed E-state index contributed by atoms with van der Waals surface area (Å²) in [5, 5.41) is 17.1. The maximum Gasteiger partial charge on any atom is 0.407 e. The van der Waals surface area contributed by atoms with Crippen molar-refractivity contribution in [3.8, 4) is 5.75 Å². The number of hydrogen-bond donors (Lipinski definition) is 3. The van der Waals surface area contributed by atoms with Gasteiger partial charge in [0.2, 0.25) is 0 Å². The summed E-state index contributed by atoms with van der Waals surface area (Å²) in [5.74, 6) is 0.847. The quantitative estimate of drug-likeness (QED) is 0.146. The van der Waals surface area contributed by atoms with E-state index in [9.17, 15) is 14.7 Å². The monoisotopic (exact) mass is 548 g/mol. The standard InChI is InChI=1S/C33H44N2O5/c1-3-11-26(12-4-2)23-39-30-19-17-25(18-20-30)21-29(22-36)34-32(37)31(28-15-9-6-10-16-28)35-33(38)40-24-27-13-7-5-8-14-27/h3,5,7-8,11-14,17-20,22,28-29,31-32,34,37H,4,6,9-10,15-16,21,23-24H2,1-2H3,(H,35,38)/b11-3-,26-12+. The Hall–Kier alpha value is -3.42. The van der Waals surface area contributed by atoms with E-state index in [1.54, 1.807) is 0 Å². The Kier molecular flexibility index (Phi) is 13.5. The highest BCUT2D eigenvalue weighted by Crippen LogP contribution is 2.28. The molecule has 1 aliphatic rings. The zero-order valence-electron chi connectivity index (χ0n) is 23.8. The molecule has 0 aromatic heterocycles. The van der Waals surface area contributed by atoms with Crippen LogP contribution in [0.2, 0.25) is 0 Å². The van der Waals surface area contributed by atoms with Crippen LogP contribution in [0.15, 0.2) is 78.4 Å². The summed E-state index contributed by atoms with van der Waals surface area (Å²) < 4.78 is 11.3. The van der Waals surface area contributed by atoms with Crippen molar-refractivity contribution in [2.45, 2.75) is 83.7 Å². The van der Waals surface area contributed by atoms with E-state index in [4.69, 9.17) is 9.47 Å². The minimum absolute atomic E-state index is 0.0958. The summed E-state index contributed by atoms with van der Waals surface area (Å²) in [5.41, 5.74) is 2.95. The molecule has 7 heteroatoms. The van der Waals surface area contributed by atoms with Crippen molar-refractivity contribution in [3.05, 3.63) is 89.5 Å². The fraction of sp³-hybridized carbons (Fsp3) is 0.455. The van der Waals surface area contributed by atoms with Gasteiger partial charge in [0, 0.05) is 0 Å². The van der Waals surface area contributed by atoms with Gasteiger partial charge in [0.25, 0.3) is 0 Å². The Morgan fingerprint density at radius 3 is 2.42 bits per heavy atom. The van der Waals surface area contributed by atoms with Gasteiger partial charge >= 0.3 is 6.09 Å². The molecule has 0 spiro atoms. The number of aliphatic hydroxyl groups is 1. The van der Waals surface area contributed by atoms with Gasteiger partial charge in [-0.25, -0.2) is 4.79 Å². The Morgan fingerprint density at radius 1 is 1.05 bits per heavy atom. The van der Waals surface area contributed by atoms with Crippen LogP contribution >= 0.6 is 0 Å². The second kappa shape index (κ2) is 17.3. The van der Waals surface area contributed by atoms with Crippen molar-refractivity contribution in [2.24, 2.45) is 5.92 Å². The SMILES string of the molecule is C/C=C\C(=C/CC)COc1ccc(CC(C=O)NC(O)C(NC(=O)OCc2ccccc2)C2CCCCC2)cc1. The Balaban J connectivity index is 1.57. The maximum atomic E-state index is 12.7. The summed E-state index contributed by atoms with van der Waals surface area (Å²) >= 11 is 0. The topological polar surface area (TPSA) is 96.9 Å². The molecule has 7 nitrogen and oxygen atoms in total. The van der Waals surface area contributed by atoms with Gasteiger partial charge in [0.1, 0.15) is 31.5 Å². The molecular formula is C33H44N2O5. The van der Waals surface area contributed by atoms with Gasteiger partial charge in [-0.3, -0.25) is 5.32 Å². The number of aldehydes is 1. The van der Waals surface area contributed by atoms with E-state index < -0.39 is 24.4 Å². The summed E-state index contributed by atoms with van der Waals surface area (Å²) in [7, 11) is 0. The van der Waals surface area contributed by atoms with Crippen LogP contribution in [0.1, 0.15) is 63.5 Å². The van der Waals surface area contributed by atoms with E-state index in [2.05, 4.69) is 23.6 Å². The van der Waals surface area contributed by atoms with Crippen LogP contribution in [0.25, 0.3) is 0 Å². The van der Waals surface area contributed by atoms with Gasteiger partial charge in [-0.1, -0.05) is 86.9 Å². The van der Waals surface area contributed by atoms with Gasteiger partial charge in [0.15, 0.2) is 0 Å². The largest absolute Gasteiger partial charge is 0.489 e. The molecule has 3 N–H and O–H groups in total. The zero-order valence-corrected chi connectivity index (χ0v) is 23.8. The molecule has 3 unspecified atom stereocenters. The molecule has 2 aromatic rings. The molecule has 0 heterocycles. The molecule has 3 rings (SSSR count). The second-order valence-corrected chi connectivity index (χ2v) is 10.3. The second-order valence-electron chi connectivity index (χ2n) is 10.3. The number of nitrogens with one attached hydrogen (secondary N) is 2. The van der Waals surface area contributed by atoms with E-state index >= 15 is 0 Å². The average molecular weight is 549 g/mol. The highest BCUT2D eigenvalue weighted by atomic mass is 16.5. The fourth-order valence-electron chi connectivity index (χ4n) is 5.11. The van der Waals surface area contributed by atoms with Crippen molar-refractivity contribution < 1.29 is 24.2 Å². The smallest absolute Gasteiger partial charge is 0.407 e. The van der Waals surface area contributed by atoms with E-state index in [0.717, 1.165) is 67.3 Å². The van der Waals surface area contributed by atoms with Gasteiger partial charge in [0.05, 0.1) is 12.1 Å². The third-order valence-corrected chi connectivity index (χ3v) is 7.18. The lowest BCUT2D eigenvalue weighted by molar-refractivity contribution is -0.110. The number of rotatable bonds is 15. The number of hydrogen-bond acceptors (Lipinski definition) is 6. The van der Waals surface area contributed by atoms with Crippen LogP contribution < -0.4 is 15.4 Å². The Labute approximate surface area is 238 Å². The number of benzene rings is 2. The third kappa shape index (κ3) is 10.6. The van der Waals surface area contributed by atoms with Gasteiger partial charge in [-0.15, -0.1) is 0 Å². The van der Waals surface area contributed by atoms with Gasteiger partial charge in [-0.05, 0) is 67.4 Å². The molecule has 1 amide bonds. The first-order valence-electron chi connectivity index (χ1n) is 14.4. The van der Waals surface area contributed by atoms with Gasteiger partial charge < -0.3 is 24.7 Å². The van der Waals surface area contributed by atoms with E-state index in [-0.39, 0.29) is 12.5 Å². The lowest BCUT2D eigenvalue weighted by Crippen LogP contribution is -2.57. The first kappa shape index (κ1) is 31.1. The normalized spacial score (nSPS) is 16.7. The van der Waals surface area contributed by atoms with Crippen molar-refractivity contribution in [1.82, 2.24) is 10.6 Å². The minimum Gasteiger partial charge on any atom is -0.489 e. The molecular weight excluding hydrogens is 504 g/mol. The number of carbonyl (C=O) groups is 2. The molecule has 0 saturated heterocycles. The maximum absolute atomic E-state index is 12.7. The van der Waals surface area contributed by atoms with E-state index in [1.165, 1.54) is 0 Å². The van der Waals surface area contributed by atoms with Crippen LogP contribution in [0.3, 0.4) is 0 Å². The molecule has 0 aliphatic heterocycles. The van der Waals surface area contributed by atoms with E-state index in [1.807, 2.05) is 73.7 Å². The zero-order chi connectivity index (χ0) is 28.6. The lowest BCUT2D eigenvalue weighted by Gasteiger charge is -2.35. The highest BCUT2D eigenvalue weighted by Gasteiger charge is 2.32. The Bertz CT molecular complexity index is 1080. The van der Waals surface area contributed by atoms with Crippen LogP contribution in [-0.4, -0.2) is 42.4 Å². The van der Waals surface area contributed by atoms with Crippen LogP contribution in [0.5, 0.6) is 5.75 Å². The van der Waals surface area contributed by atoms with Gasteiger partial charge in [-0.2, -0.15) is 0 Å². The fourth-order valence-corrected chi connectivity index (χ4v) is 5.11. The lowest BCUT2D eigenvalue weighted by atomic mass is 9.83. The van der Waals surface area contributed by atoms with Crippen molar-refractivity contribution in [2.75, 3.05) is 6.61 Å². The number of aliphatic hydroxyl groups excluding tert-OH is 1. The summed E-state index contributed by atoms with van der Waals surface area (Å²) in [6.07, 6.45) is 11.7. The number of allylic oxidation sites excluding steroid dienone is 2. The summed E-state index contributed by atoms with van der Waals surface area (Å²) in [6.45, 7) is 4.72. The Morgan fingerprint density at radius 2 is 1.77 bits per heavy atom. The molecule has 0 radical (unpaired) electrons. The summed E-state index contributed by atoms with van der Waals surface area (Å²) in [4.78, 5) is 24.6. The first-order valence-corrected chi connectivity index (χ1v) is 14.4. The first-order chi connectivity index (χ1) is 19.5. The third-order valence-electron chi connectivity index (χ3n) is 7.18. The molecule has 3 atom stereocenters. The molecule has 2 aromatic carbocycles. The van der Waals surface area contributed by atoms with Crippen LogP contribution in [0.4, 0.5) is 4.79 Å².